The van der Waals surface area contributed by atoms with Gasteiger partial charge < -0.3 is 9.15 Å². The number of nitrogens with zero attached hydrogens (tertiary/aromatic N) is 2. The molecule has 0 N–H and O–H groups in total. The third kappa shape index (κ3) is 3.03. The number of carbonyl (C=O) groups excluding carboxylic acids is 1. The Labute approximate surface area is 127 Å². The third-order valence-electron chi connectivity index (χ3n) is 3.13. The maximum Gasteiger partial charge on any atom is 0.343 e. The summed E-state index contributed by atoms with van der Waals surface area (Å²) in [5.41, 5.74) is 3.36. The van der Waals surface area contributed by atoms with Gasteiger partial charge in [0, 0.05) is 5.56 Å². The first kappa shape index (κ1) is 14.0. The van der Waals surface area contributed by atoms with E-state index in [1.807, 2.05) is 32.0 Å². The topological polar surface area (TPSA) is 65.2 Å². The van der Waals surface area contributed by atoms with Crippen LogP contribution in [0.15, 0.2) is 53.3 Å². The summed E-state index contributed by atoms with van der Waals surface area (Å²) in [5.74, 6) is 0.511. The summed E-state index contributed by atoms with van der Waals surface area (Å²) in [6, 6.07) is 12.5. The third-order valence-corrected chi connectivity index (χ3v) is 3.13. The number of benzene rings is 2. The van der Waals surface area contributed by atoms with Gasteiger partial charge in [-0.3, -0.25) is 0 Å². The largest absolute Gasteiger partial charge is 0.423 e. The number of hydrogen-bond donors (Lipinski definition) is 0. The molecule has 0 aliphatic carbocycles. The van der Waals surface area contributed by atoms with Crippen LogP contribution in [0.3, 0.4) is 0 Å². The Hall–Kier alpha value is -2.95. The van der Waals surface area contributed by atoms with Gasteiger partial charge in [-0.15, -0.1) is 10.2 Å². The van der Waals surface area contributed by atoms with Crippen molar-refractivity contribution in [1.82, 2.24) is 10.2 Å². The molecule has 1 heterocycles. The molecule has 1 aromatic heterocycles. The molecule has 0 aliphatic heterocycles. The molecule has 5 nitrogen and oxygen atoms in total. The lowest BCUT2D eigenvalue weighted by atomic mass is 10.1. The lowest BCUT2D eigenvalue weighted by molar-refractivity contribution is 0.0734. The van der Waals surface area contributed by atoms with E-state index in [2.05, 4.69) is 10.2 Å². The van der Waals surface area contributed by atoms with Gasteiger partial charge in [0.15, 0.2) is 0 Å². The first-order valence-corrected chi connectivity index (χ1v) is 6.79. The van der Waals surface area contributed by atoms with Crippen molar-refractivity contribution in [2.45, 2.75) is 13.8 Å². The molecule has 0 bridgehead atoms. The smallest absolute Gasteiger partial charge is 0.343 e. The highest BCUT2D eigenvalue weighted by molar-refractivity contribution is 5.91. The number of esters is 1. The Morgan fingerprint density at radius 2 is 1.73 bits per heavy atom. The molecule has 3 rings (SSSR count). The van der Waals surface area contributed by atoms with Crippen molar-refractivity contribution in [2.75, 3.05) is 0 Å². The van der Waals surface area contributed by atoms with Gasteiger partial charge in [0.1, 0.15) is 5.75 Å². The zero-order valence-corrected chi connectivity index (χ0v) is 12.2. The van der Waals surface area contributed by atoms with Crippen LogP contribution in [-0.4, -0.2) is 16.2 Å². The number of ether oxygens (including phenoxy) is 1. The summed E-state index contributed by atoms with van der Waals surface area (Å²) in [6.45, 7) is 3.89. The highest BCUT2D eigenvalue weighted by Crippen LogP contribution is 2.21. The summed E-state index contributed by atoms with van der Waals surface area (Å²) in [7, 11) is 0. The zero-order chi connectivity index (χ0) is 15.5. The molecule has 5 heteroatoms. The van der Waals surface area contributed by atoms with E-state index in [0.29, 0.717) is 17.2 Å². The molecule has 0 atom stereocenters. The minimum atomic E-state index is -0.377. The standard InChI is InChI=1S/C17H14N2O3/c1-11-7-12(2)9-14(8-11)17(20)22-15-5-3-13(4-6-15)16-19-18-10-21-16/h3-10H,1-2H3. The number of carbonyl (C=O) groups is 1. The minimum Gasteiger partial charge on any atom is -0.423 e. The van der Waals surface area contributed by atoms with E-state index in [9.17, 15) is 4.79 Å². The van der Waals surface area contributed by atoms with Gasteiger partial charge in [-0.25, -0.2) is 4.79 Å². The first-order valence-electron chi connectivity index (χ1n) is 6.79. The van der Waals surface area contributed by atoms with Gasteiger partial charge in [-0.1, -0.05) is 17.2 Å². The van der Waals surface area contributed by atoms with Crippen LogP contribution in [0.5, 0.6) is 5.75 Å². The Kier molecular flexibility index (Phi) is 3.70. The molecule has 3 aromatic rings. The number of hydrogen-bond acceptors (Lipinski definition) is 5. The average molecular weight is 294 g/mol. The lowest BCUT2D eigenvalue weighted by Gasteiger charge is -2.06. The molecule has 0 spiro atoms. The fourth-order valence-electron chi connectivity index (χ4n) is 2.22. The minimum absolute atomic E-state index is 0.377. The Bertz CT molecular complexity index is 773. The molecular weight excluding hydrogens is 280 g/mol. The zero-order valence-electron chi connectivity index (χ0n) is 12.2. The van der Waals surface area contributed by atoms with Gasteiger partial charge in [0.2, 0.25) is 12.3 Å². The van der Waals surface area contributed by atoms with Crippen LogP contribution in [-0.2, 0) is 0 Å². The summed E-state index contributed by atoms with van der Waals surface area (Å²) < 4.78 is 10.5. The molecule has 0 saturated carbocycles. The maximum absolute atomic E-state index is 12.2. The maximum atomic E-state index is 12.2. The van der Waals surface area contributed by atoms with Crippen LogP contribution in [0, 0.1) is 13.8 Å². The van der Waals surface area contributed by atoms with Crippen LogP contribution >= 0.6 is 0 Å². The predicted octanol–water partition coefficient (Wildman–Crippen LogP) is 3.57. The number of aromatic nitrogens is 2. The van der Waals surface area contributed by atoms with Crippen LogP contribution in [0.1, 0.15) is 21.5 Å². The molecule has 22 heavy (non-hydrogen) atoms. The number of rotatable bonds is 3. The summed E-state index contributed by atoms with van der Waals surface area (Å²) in [6.07, 6.45) is 1.27. The van der Waals surface area contributed by atoms with E-state index >= 15 is 0 Å². The fourth-order valence-corrected chi connectivity index (χ4v) is 2.22. The molecule has 0 aliphatic rings. The SMILES string of the molecule is Cc1cc(C)cc(C(=O)Oc2ccc(-c3nnco3)cc2)c1. The van der Waals surface area contributed by atoms with Crippen LogP contribution in [0.25, 0.3) is 11.5 Å². The van der Waals surface area contributed by atoms with Gasteiger partial charge >= 0.3 is 5.97 Å². The fraction of sp³-hybridized carbons (Fsp3) is 0.118. The summed E-state index contributed by atoms with van der Waals surface area (Å²) in [5, 5.41) is 7.44. The van der Waals surface area contributed by atoms with E-state index in [-0.39, 0.29) is 5.97 Å². The van der Waals surface area contributed by atoms with Crippen LogP contribution in [0.2, 0.25) is 0 Å². The molecule has 0 radical (unpaired) electrons. The van der Waals surface area contributed by atoms with E-state index in [1.54, 1.807) is 24.3 Å². The number of aryl methyl sites for hydroxylation is 2. The highest BCUT2D eigenvalue weighted by Gasteiger charge is 2.10. The van der Waals surface area contributed by atoms with E-state index < -0.39 is 0 Å². The van der Waals surface area contributed by atoms with Gasteiger partial charge in [0.25, 0.3) is 0 Å². The van der Waals surface area contributed by atoms with Crippen molar-refractivity contribution >= 4 is 5.97 Å². The van der Waals surface area contributed by atoms with Crippen molar-refractivity contribution in [3.05, 3.63) is 65.5 Å². The predicted molar refractivity (Wildman–Crippen MR) is 80.6 cm³/mol. The van der Waals surface area contributed by atoms with Gasteiger partial charge in [0.05, 0.1) is 5.56 Å². The molecule has 0 saturated heterocycles. The van der Waals surface area contributed by atoms with Gasteiger partial charge in [-0.05, 0) is 50.2 Å². The molecule has 0 fully saturated rings. The Balaban J connectivity index is 1.76. The first-order chi connectivity index (χ1) is 10.6. The van der Waals surface area contributed by atoms with Crippen LogP contribution < -0.4 is 4.74 Å². The molecule has 110 valence electrons. The van der Waals surface area contributed by atoms with E-state index in [4.69, 9.17) is 9.15 Å². The van der Waals surface area contributed by atoms with Crippen molar-refractivity contribution in [3.63, 3.8) is 0 Å². The second-order valence-corrected chi connectivity index (χ2v) is 5.03. The van der Waals surface area contributed by atoms with Crippen molar-refractivity contribution < 1.29 is 13.9 Å². The molecular formula is C17H14N2O3. The van der Waals surface area contributed by atoms with Crippen molar-refractivity contribution in [2.24, 2.45) is 0 Å². The monoisotopic (exact) mass is 294 g/mol. The quantitative estimate of drug-likeness (QED) is 0.545. The molecule has 2 aromatic carbocycles. The van der Waals surface area contributed by atoms with Gasteiger partial charge in [-0.2, -0.15) is 0 Å². The second kappa shape index (κ2) is 5.81. The Morgan fingerprint density at radius 1 is 1.05 bits per heavy atom. The van der Waals surface area contributed by atoms with Crippen molar-refractivity contribution in [1.29, 1.82) is 0 Å². The van der Waals surface area contributed by atoms with E-state index in [0.717, 1.165) is 16.7 Å². The van der Waals surface area contributed by atoms with Crippen LogP contribution in [0.4, 0.5) is 0 Å². The highest BCUT2D eigenvalue weighted by atomic mass is 16.5. The molecule has 0 amide bonds. The lowest BCUT2D eigenvalue weighted by Crippen LogP contribution is -2.09. The average Bonchev–Trinajstić information content (AvgIpc) is 3.01. The summed E-state index contributed by atoms with van der Waals surface area (Å²) in [4.78, 5) is 12.2. The van der Waals surface area contributed by atoms with E-state index in [1.165, 1.54) is 6.39 Å². The summed E-state index contributed by atoms with van der Waals surface area (Å²) >= 11 is 0. The normalized spacial score (nSPS) is 10.5. The molecule has 0 unspecified atom stereocenters. The second-order valence-electron chi connectivity index (χ2n) is 5.03. The van der Waals surface area contributed by atoms with Crippen molar-refractivity contribution in [3.8, 4) is 17.2 Å². The Morgan fingerprint density at radius 3 is 2.32 bits per heavy atom.